The van der Waals surface area contributed by atoms with E-state index in [-0.39, 0.29) is 134 Å². The van der Waals surface area contributed by atoms with Crippen LogP contribution >= 0.6 is 0 Å². The van der Waals surface area contributed by atoms with Crippen molar-refractivity contribution in [3.8, 4) is 5.75 Å². The molecule has 93 heavy (non-hydrogen) atoms. The molecule has 0 spiro atoms. The number of hydrogen-bond donors (Lipinski definition) is 14. The number of nitrogens with one attached hydrogen (secondary N) is 9. The van der Waals surface area contributed by atoms with E-state index < -0.39 is 53.9 Å². The lowest BCUT2D eigenvalue weighted by molar-refractivity contribution is -0.140. The van der Waals surface area contributed by atoms with Gasteiger partial charge in [-0.3, -0.25) is 63.3 Å². The Morgan fingerprint density at radius 3 is 1.61 bits per heavy atom. The highest BCUT2D eigenvalue weighted by atomic mass is 16.4. The van der Waals surface area contributed by atoms with E-state index in [0.717, 1.165) is 17.5 Å². The van der Waals surface area contributed by atoms with Gasteiger partial charge in [0.2, 0.25) is 17.7 Å². The number of phenolic OH excluding ortho intramolecular Hbond substituents is 1. The van der Waals surface area contributed by atoms with Gasteiger partial charge in [-0.25, -0.2) is 4.79 Å². The van der Waals surface area contributed by atoms with Crippen LogP contribution in [0.5, 0.6) is 5.75 Å². The number of rotatable bonds is 36. The van der Waals surface area contributed by atoms with Gasteiger partial charge in [0.25, 0.3) is 11.8 Å². The van der Waals surface area contributed by atoms with E-state index >= 15 is 0 Å². The molecule has 3 atom stereocenters. The normalized spacial score (nSPS) is 14.7. The molecule has 29 heteroatoms. The predicted octanol–water partition coefficient (Wildman–Crippen LogP) is 0.578. The summed E-state index contributed by atoms with van der Waals surface area (Å²) in [5.74, 6) is -5.70. The number of nitrogens with two attached hydrogens (primary N) is 1. The van der Waals surface area contributed by atoms with Crippen LogP contribution in [0.15, 0.2) is 108 Å². The van der Waals surface area contributed by atoms with Crippen molar-refractivity contribution in [2.45, 2.75) is 70.1 Å². The van der Waals surface area contributed by atoms with Gasteiger partial charge in [-0.05, 0) is 104 Å². The first-order valence-corrected chi connectivity index (χ1v) is 31.1. The van der Waals surface area contributed by atoms with Crippen LogP contribution in [-0.2, 0) is 40.1 Å². The van der Waals surface area contributed by atoms with E-state index in [1.807, 2.05) is 59.5 Å². The third-order valence-electron chi connectivity index (χ3n) is 15.0. The summed E-state index contributed by atoms with van der Waals surface area (Å²) in [6.45, 7) is 5.23. The second-order valence-electron chi connectivity index (χ2n) is 22.1. The number of anilines is 1. The summed E-state index contributed by atoms with van der Waals surface area (Å²) in [7, 11) is 0. The van der Waals surface area contributed by atoms with Crippen molar-refractivity contribution in [2.24, 2.45) is 10.7 Å². The van der Waals surface area contributed by atoms with E-state index in [0.29, 0.717) is 80.5 Å². The molecule has 1 saturated heterocycles. The highest BCUT2D eigenvalue weighted by Crippen LogP contribution is 2.27. The minimum Gasteiger partial charge on any atom is -0.508 e. The monoisotopic (exact) mass is 1290 g/mol. The fourth-order valence-corrected chi connectivity index (χ4v) is 9.94. The molecule has 504 valence electrons. The first kappa shape index (κ1) is 74.2. The van der Waals surface area contributed by atoms with E-state index in [2.05, 4.69) is 52.8 Å². The van der Waals surface area contributed by atoms with E-state index in [1.54, 1.807) is 58.0 Å². The van der Waals surface area contributed by atoms with Crippen molar-refractivity contribution in [1.82, 2.24) is 62.1 Å². The second-order valence-corrected chi connectivity index (χ2v) is 22.1. The van der Waals surface area contributed by atoms with Gasteiger partial charge in [0, 0.05) is 121 Å². The molecule has 15 N–H and O–H groups in total. The Labute approximate surface area is 540 Å². The third kappa shape index (κ3) is 28.7. The largest absolute Gasteiger partial charge is 0.508 e. The molecule has 7 amide bonds. The topological polar surface area (TPSA) is 411 Å². The number of carbonyl (C=O) groups excluding carboxylic acids is 7. The van der Waals surface area contributed by atoms with Gasteiger partial charge >= 0.3 is 23.9 Å². The number of aliphatic carboxylic acids is 3. The van der Waals surface area contributed by atoms with Crippen LogP contribution in [0.3, 0.4) is 0 Å². The number of phenols is 1. The maximum absolute atomic E-state index is 14.4. The van der Waals surface area contributed by atoms with Crippen molar-refractivity contribution in [3.05, 3.63) is 131 Å². The smallest absolute Gasteiger partial charge is 0.344 e. The molecular weight excluding hydrogens is 1200 g/mol. The minimum atomic E-state index is -1.05. The molecule has 4 aromatic carbocycles. The third-order valence-corrected chi connectivity index (χ3v) is 15.0. The van der Waals surface area contributed by atoms with Gasteiger partial charge in [0.1, 0.15) is 18.0 Å². The first-order valence-electron chi connectivity index (χ1n) is 31.1. The molecule has 4 aromatic rings. The Bertz CT molecular complexity index is 3040. The Morgan fingerprint density at radius 1 is 0.548 bits per heavy atom. The Morgan fingerprint density at radius 2 is 1.06 bits per heavy atom. The van der Waals surface area contributed by atoms with Gasteiger partial charge in [-0.2, -0.15) is 4.99 Å². The molecular formula is C64H89N15O14. The van der Waals surface area contributed by atoms with Crippen LogP contribution in [0.4, 0.5) is 10.5 Å². The van der Waals surface area contributed by atoms with Crippen LogP contribution in [0.1, 0.15) is 88.8 Å². The highest BCUT2D eigenvalue weighted by molar-refractivity contribution is 5.98. The number of carbonyl (C=O) groups is 10. The number of unbranched alkanes of at least 4 members (excludes halogenated alkanes) is 1. The molecule has 1 aliphatic rings. The molecule has 1 fully saturated rings. The summed E-state index contributed by atoms with van der Waals surface area (Å²) in [6.07, 6.45) is 2.51. The number of nitrogens with zero attached hydrogens (tertiary/aromatic N) is 5. The standard InChI is InChI=1S/C64H89N15O14/c1-2-54(82)68-30-31-72-64(93)75-63(65)71-27-8-12-52(61(91)73-40-45-13-23-51(81)24-14-45)74-62(92)58(46-10-4-3-5-11-46)47-19-21-50(22-20-47)66-28-9-29-70-60(90)49-17-15-48(16-18-49)59(89)69-26-7-6-25-67-53(44-80)79-38-36-77(42-56(85)86)34-32-76(41-55(83)84)33-35-78(37-39-79)43-57(87)88/h3-5,10-11,13-24,44,52-53,58,66-67,81H,2,6-9,12,25-43H2,1H3,(H,68,82)(H,69,89)(H,70,90)(H,73,91)(H,74,92)(H,83,84)(H,85,86)(H,87,88)(H4,65,71,72,75,93)/t52-,53?,58+/m1/s1. The molecule has 1 aliphatic heterocycles. The number of urea groups is 1. The molecule has 1 heterocycles. The van der Waals surface area contributed by atoms with Crippen molar-refractivity contribution in [2.75, 3.05) is 123 Å². The Balaban J connectivity index is 1.06. The average Bonchev–Trinajstić information content (AvgIpc) is 0.876. The Kier molecular flexibility index (Phi) is 32.7. The van der Waals surface area contributed by atoms with E-state index in [4.69, 9.17) is 5.73 Å². The van der Waals surface area contributed by atoms with Gasteiger partial charge in [0.15, 0.2) is 12.2 Å². The van der Waals surface area contributed by atoms with Crippen molar-refractivity contribution < 1.29 is 68.4 Å². The number of aromatic hydroxyl groups is 1. The van der Waals surface area contributed by atoms with E-state index in [9.17, 15) is 68.4 Å². The number of aldehydes is 1. The zero-order valence-corrected chi connectivity index (χ0v) is 52.5. The number of aliphatic imine (C=N–C) groups is 1. The lowest BCUT2D eigenvalue weighted by atomic mass is 9.90. The first-order chi connectivity index (χ1) is 44.8. The molecule has 0 saturated carbocycles. The average molecular weight is 1290 g/mol. The second kappa shape index (κ2) is 41.0. The van der Waals surface area contributed by atoms with Crippen LogP contribution in [-0.4, -0.2) is 236 Å². The number of benzene rings is 4. The summed E-state index contributed by atoms with van der Waals surface area (Å²) >= 11 is 0. The van der Waals surface area contributed by atoms with Crippen LogP contribution < -0.4 is 53.6 Å². The predicted molar refractivity (Wildman–Crippen MR) is 347 cm³/mol. The molecule has 0 bridgehead atoms. The fourth-order valence-electron chi connectivity index (χ4n) is 9.94. The zero-order chi connectivity index (χ0) is 67.3. The lowest BCUT2D eigenvalue weighted by Gasteiger charge is -2.35. The molecule has 0 aromatic heterocycles. The summed E-state index contributed by atoms with van der Waals surface area (Å²) in [5.41, 5.74) is 9.52. The van der Waals surface area contributed by atoms with Crippen LogP contribution in [0.2, 0.25) is 0 Å². The highest BCUT2D eigenvalue weighted by Gasteiger charge is 2.29. The van der Waals surface area contributed by atoms with Gasteiger partial charge < -0.3 is 73.5 Å². The van der Waals surface area contributed by atoms with Crippen LogP contribution in [0.25, 0.3) is 0 Å². The summed E-state index contributed by atoms with van der Waals surface area (Å²) in [5, 5.41) is 64.5. The summed E-state index contributed by atoms with van der Waals surface area (Å²) < 4.78 is 0. The van der Waals surface area contributed by atoms with Gasteiger partial charge in [-0.15, -0.1) is 0 Å². The minimum absolute atomic E-state index is 0.0761. The van der Waals surface area contributed by atoms with Gasteiger partial charge in [-0.1, -0.05) is 61.5 Å². The molecule has 5 rings (SSSR count). The summed E-state index contributed by atoms with van der Waals surface area (Å²) in [6, 6.07) is 27.4. The number of hydrogen-bond acceptors (Lipinski definition) is 17. The maximum atomic E-state index is 14.4. The van der Waals surface area contributed by atoms with Crippen molar-refractivity contribution >= 4 is 71.4 Å². The fraction of sp³-hybridized carbons (Fsp3) is 0.453. The van der Waals surface area contributed by atoms with Crippen molar-refractivity contribution in [3.63, 3.8) is 0 Å². The van der Waals surface area contributed by atoms with Gasteiger partial charge in [0.05, 0.1) is 25.6 Å². The molecule has 0 radical (unpaired) electrons. The molecule has 29 nitrogen and oxygen atoms in total. The molecule has 1 unspecified atom stereocenters. The van der Waals surface area contributed by atoms with Crippen molar-refractivity contribution in [1.29, 1.82) is 0 Å². The van der Waals surface area contributed by atoms with Crippen LogP contribution in [0, 0.1) is 0 Å². The molecule has 0 aliphatic carbocycles. The number of amides is 7. The van der Waals surface area contributed by atoms with E-state index in [1.165, 1.54) is 12.1 Å². The summed E-state index contributed by atoms with van der Waals surface area (Å²) in [4.78, 5) is 136. The maximum Gasteiger partial charge on any atom is 0.344 e. The SMILES string of the molecule is CCC(=O)NCCNC(=O)/N=C(/N)NCCC[C@@H](NC(=O)[C@@H](c1ccccc1)c1ccc(NCCCNC(=O)c2ccc(C(=O)NCCCCNC(C=O)N3CCN(CC(=O)O)CCN(CC(=O)O)CCN(CC(=O)O)CC3)cc2)cc1)C(=O)NCc1ccc(O)cc1. The quantitative estimate of drug-likeness (QED) is 0.0128. The zero-order valence-electron chi connectivity index (χ0n) is 52.5. The Hall–Kier alpha value is -9.55. The lowest BCUT2D eigenvalue weighted by Crippen LogP contribution is -2.54. The number of carboxylic acids is 3. The number of guanidine groups is 1. The number of carboxylic acid groups (broad SMARTS) is 3.